The van der Waals surface area contributed by atoms with Crippen LogP contribution in [0.5, 0.6) is 0 Å². The molecule has 4 nitrogen and oxygen atoms in total. The highest BCUT2D eigenvalue weighted by Gasteiger charge is 2.32. The van der Waals surface area contributed by atoms with Crippen LogP contribution in [0.3, 0.4) is 0 Å². The summed E-state index contributed by atoms with van der Waals surface area (Å²) < 4.78 is 0. The summed E-state index contributed by atoms with van der Waals surface area (Å²) >= 11 is 0. The quantitative estimate of drug-likeness (QED) is 0.875. The van der Waals surface area contributed by atoms with Gasteiger partial charge >= 0.3 is 0 Å². The Balaban J connectivity index is 2.18. The number of amides is 2. The number of para-hydroxylation sites is 1. The molecule has 0 fully saturated rings. The minimum Gasteiger partial charge on any atom is -0.324 e. The average Bonchev–Trinajstić information content (AvgIpc) is 2.64. The molecule has 0 aliphatic carbocycles. The maximum absolute atomic E-state index is 13.2. The third-order valence-electron chi connectivity index (χ3n) is 3.98. The molecule has 2 amide bonds. The van der Waals surface area contributed by atoms with Gasteiger partial charge in [-0.2, -0.15) is 0 Å². The lowest BCUT2D eigenvalue weighted by Crippen LogP contribution is -2.35. The van der Waals surface area contributed by atoms with Crippen LogP contribution in [0.1, 0.15) is 36.7 Å². The van der Waals surface area contributed by atoms with Crippen molar-refractivity contribution in [3.63, 3.8) is 0 Å². The van der Waals surface area contributed by atoms with E-state index in [1.165, 1.54) is 4.90 Å². The van der Waals surface area contributed by atoms with Gasteiger partial charge in [-0.25, -0.2) is 0 Å². The van der Waals surface area contributed by atoms with Crippen LogP contribution >= 0.6 is 0 Å². The van der Waals surface area contributed by atoms with E-state index in [-0.39, 0.29) is 23.8 Å². The first-order valence-electron chi connectivity index (χ1n) is 7.68. The summed E-state index contributed by atoms with van der Waals surface area (Å²) in [6.45, 7) is 6.21. The number of nitrogens with zero attached hydrogens (tertiary/aromatic N) is 1. The summed E-state index contributed by atoms with van der Waals surface area (Å²) in [5, 5.41) is 2.86. The standard InChI is InChI=1S/C19H20N2O2/c1-19(2,3)14-10-7-11-15-17(14)18(23)21(12-16(22)20-15)13-8-5-4-6-9-13/h4-11H,12H2,1-3H3,(H,20,22). The lowest BCUT2D eigenvalue weighted by molar-refractivity contribution is -0.114. The zero-order chi connectivity index (χ0) is 16.6. The normalized spacial score (nSPS) is 15.0. The number of anilines is 2. The van der Waals surface area contributed by atoms with E-state index in [4.69, 9.17) is 0 Å². The number of carbonyl (C=O) groups is 2. The van der Waals surface area contributed by atoms with Crippen LogP contribution in [0.4, 0.5) is 11.4 Å². The lowest BCUT2D eigenvalue weighted by atomic mass is 9.82. The van der Waals surface area contributed by atoms with Crippen molar-refractivity contribution in [2.45, 2.75) is 26.2 Å². The molecular formula is C19H20N2O2. The molecule has 0 spiro atoms. The van der Waals surface area contributed by atoms with Crippen LogP contribution in [0, 0.1) is 0 Å². The molecule has 0 unspecified atom stereocenters. The number of rotatable bonds is 1. The van der Waals surface area contributed by atoms with Gasteiger partial charge in [-0.15, -0.1) is 0 Å². The van der Waals surface area contributed by atoms with Gasteiger partial charge in [-0.1, -0.05) is 51.1 Å². The SMILES string of the molecule is CC(C)(C)c1cccc2c1C(=O)N(c1ccccc1)CC(=O)N2. The Morgan fingerprint density at radius 3 is 2.30 bits per heavy atom. The van der Waals surface area contributed by atoms with E-state index in [9.17, 15) is 9.59 Å². The second kappa shape index (κ2) is 5.54. The molecular weight excluding hydrogens is 288 g/mol. The predicted molar refractivity (Wildman–Crippen MR) is 91.9 cm³/mol. The summed E-state index contributed by atoms with van der Waals surface area (Å²) in [4.78, 5) is 27.0. The van der Waals surface area contributed by atoms with E-state index in [2.05, 4.69) is 26.1 Å². The maximum Gasteiger partial charge on any atom is 0.261 e. The smallest absolute Gasteiger partial charge is 0.261 e. The van der Waals surface area contributed by atoms with Crippen molar-refractivity contribution >= 4 is 23.2 Å². The highest BCUT2D eigenvalue weighted by Crippen LogP contribution is 2.33. The average molecular weight is 308 g/mol. The highest BCUT2D eigenvalue weighted by atomic mass is 16.2. The van der Waals surface area contributed by atoms with E-state index >= 15 is 0 Å². The fourth-order valence-corrected chi connectivity index (χ4v) is 2.87. The molecule has 2 aromatic rings. The first kappa shape index (κ1) is 15.3. The lowest BCUT2D eigenvalue weighted by Gasteiger charge is -2.26. The summed E-state index contributed by atoms with van der Waals surface area (Å²) in [6.07, 6.45) is 0. The van der Waals surface area contributed by atoms with Gasteiger partial charge in [0.05, 0.1) is 11.3 Å². The van der Waals surface area contributed by atoms with Crippen LogP contribution in [-0.4, -0.2) is 18.4 Å². The number of benzene rings is 2. The molecule has 0 atom stereocenters. The van der Waals surface area contributed by atoms with Crippen molar-refractivity contribution in [3.05, 3.63) is 59.7 Å². The first-order chi connectivity index (χ1) is 10.9. The Morgan fingerprint density at radius 2 is 1.65 bits per heavy atom. The zero-order valence-electron chi connectivity index (χ0n) is 13.6. The van der Waals surface area contributed by atoms with Gasteiger partial charge in [0.2, 0.25) is 5.91 Å². The van der Waals surface area contributed by atoms with Crippen LogP contribution in [0.25, 0.3) is 0 Å². The predicted octanol–water partition coefficient (Wildman–Crippen LogP) is 3.58. The molecule has 0 saturated carbocycles. The third kappa shape index (κ3) is 2.84. The topological polar surface area (TPSA) is 49.4 Å². The Bertz CT molecular complexity index is 761. The molecule has 1 aliphatic rings. The molecule has 0 saturated heterocycles. The molecule has 1 heterocycles. The van der Waals surface area contributed by atoms with E-state index in [1.54, 1.807) is 6.07 Å². The largest absolute Gasteiger partial charge is 0.324 e. The van der Waals surface area contributed by atoms with E-state index in [0.717, 1.165) is 11.3 Å². The van der Waals surface area contributed by atoms with Crippen LogP contribution in [0.2, 0.25) is 0 Å². The summed E-state index contributed by atoms with van der Waals surface area (Å²) in [5.41, 5.74) is 2.63. The number of hydrogen-bond acceptors (Lipinski definition) is 2. The van der Waals surface area contributed by atoms with Crippen LogP contribution in [-0.2, 0) is 10.2 Å². The zero-order valence-corrected chi connectivity index (χ0v) is 13.6. The molecule has 1 N–H and O–H groups in total. The van der Waals surface area contributed by atoms with Gasteiger partial charge in [-0.05, 0) is 29.2 Å². The van der Waals surface area contributed by atoms with Gasteiger partial charge < -0.3 is 5.32 Å². The van der Waals surface area contributed by atoms with Gasteiger partial charge in [0, 0.05) is 5.69 Å². The molecule has 0 aromatic heterocycles. The van der Waals surface area contributed by atoms with Crippen molar-refractivity contribution in [2.24, 2.45) is 0 Å². The maximum atomic E-state index is 13.2. The Kier molecular flexibility index (Phi) is 3.68. The Morgan fingerprint density at radius 1 is 0.957 bits per heavy atom. The molecule has 4 heteroatoms. The molecule has 23 heavy (non-hydrogen) atoms. The monoisotopic (exact) mass is 308 g/mol. The molecule has 0 bridgehead atoms. The first-order valence-corrected chi connectivity index (χ1v) is 7.68. The minimum atomic E-state index is -0.196. The van der Waals surface area contributed by atoms with E-state index in [1.807, 2.05) is 42.5 Å². The van der Waals surface area contributed by atoms with Crippen LogP contribution < -0.4 is 10.2 Å². The minimum absolute atomic E-state index is 0.0150. The number of hydrogen-bond donors (Lipinski definition) is 1. The van der Waals surface area contributed by atoms with Crippen molar-refractivity contribution in [1.82, 2.24) is 0 Å². The fraction of sp³-hybridized carbons (Fsp3) is 0.263. The highest BCUT2D eigenvalue weighted by molar-refractivity contribution is 6.17. The number of carbonyl (C=O) groups excluding carboxylic acids is 2. The van der Waals surface area contributed by atoms with E-state index in [0.29, 0.717) is 11.3 Å². The Labute approximate surface area is 136 Å². The molecule has 0 radical (unpaired) electrons. The van der Waals surface area contributed by atoms with Gasteiger partial charge in [0.25, 0.3) is 5.91 Å². The van der Waals surface area contributed by atoms with Crippen molar-refractivity contribution in [1.29, 1.82) is 0 Å². The number of fused-ring (bicyclic) bond motifs is 1. The fourth-order valence-electron chi connectivity index (χ4n) is 2.87. The van der Waals surface area contributed by atoms with Gasteiger partial charge in [0.15, 0.2) is 0 Å². The molecule has 2 aromatic carbocycles. The van der Waals surface area contributed by atoms with E-state index < -0.39 is 0 Å². The second-order valence-corrected chi connectivity index (χ2v) is 6.75. The van der Waals surface area contributed by atoms with Gasteiger partial charge in [0.1, 0.15) is 6.54 Å². The Hall–Kier alpha value is -2.62. The summed E-state index contributed by atoms with van der Waals surface area (Å²) in [5.74, 6) is -0.331. The second-order valence-electron chi connectivity index (χ2n) is 6.75. The molecule has 1 aliphatic heterocycles. The number of nitrogens with one attached hydrogen (secondary N) is 1. The molecule has 3 rings (SSSR count). The van der Waals surface area contributed by atoms with Crippen molar-refractivity contribution < 1.29 is 9.59 Å². The third-order valence-corrected chi connectivity index (χ3v) is 3.98. The van der Waals surface area contributed by atoms with Crippen LogP contribution in [0.15, 0.2) is 48.5 Å². The summed E-state index contributed by atoms with van der Waals surface area (Å²) in [6, 6.07) is 14.9. The van der Waals surface area contributed by atoms with Gasteiger partial charge in [-0.3, -0.25) is 14.5 Å². The van der Waals surface area contributed by atoms with Crippen molar-refractivity contribution in [2.75, 3.05) is 16.8 Å². The summed E-state index contributed by atoms with van der Waals surface area (Å²) in [7, 11) is 0. The molecule has 118 valence electrons. The van der Waals surface area contributed by atoms with Crippen molar-refractivity contribution in [3.8, 4) is 0 Å².